The third-order valence-corrected chi connectivity index (χ3v) is 3.60. The molecule has 0 aliphatic carbocycles. The van der Waals surface area contributed by atoms with Gasteiger partial charge in [-0.2, -0.15) is 0 Å². The molecule has 1 unspecified atom stereocenters. The number of piperidine rings is 1. The number of carbonyl (C=O) groups is 2. The minimum absolute atomic E-state index is 0.0306. The molecule has 2 N–H and O–H groups in total. The number of likely N-dealkylation sites (N-methyl/N-ethyl adjacent to an activating group) is 1. The summed E-state index contributed by atoms with van der Waals surface area (Å²) in [5.74, 6) is 0.226. The first-order valence-corrected chi connectivity index (χ1v) is 7.02. The maximum atomic E-state index is 12.1. The maximum absolute atomic E-state index is 12.1. The summed E-state index contributed by atoms with van der Waals surface area (Å²) in [4.78, 5) is 25.8. The minimum Gasteiger partial charge on any atom is -0.352 e. The van der Waals surface area contributed by atoms with Crippen LogP contribution in [0.1, 0.15) is 40.5 Å². The Balaban J connectivity index is 2.41. The van der Waals surface area contributed by atoms with E-state index in [1.54, 1.807) is 7.05 Å². The van der Waals surface area contributed by atoms with Crippen LogP contribution >= 0.6 is 0 Å². The molecule has 0 aromatic rings. The van der Waals surface area contributed by atoms with Crippen LogP contribution in [0.4, 0.5) is 0 Å². The van der Waals surface area contributed by atoms with Crippen molar-refractivity contribution in [2.75, 3.05) is 20.1 Å². The lowest BCUT2D eigenvalue weighted by Crippen LogP contribution is -2.51. The van der Waals surface area contributed by atoms with E-state index in [2.05, 4.69) is 10.6 Å². The fraction of sp³-hybridized carbons (Fsp3) is 0.857. The highest BCUT2D eigenvalue weighted by Crippen LogP contribution is 2.20. The number of likely N-dealkylation sites (tertiary alicyclic amines) is 1. The summed E-state index contributed by atoms with van der Waals surface area (Å²) in [6.07, 6.45) is 1.67. The molecule has 1 atom stereocenters. The Morgan fingerprint density at radius 1 is 1.21 bits per heavy atom. The van der Waals surface area contributed by atoms with Crippen molar-refractivity contribution >= 4 is 11.8 Å². The van der Waals surface area contributed by atoms with Crippen LogP contribution in [0.3, 0.4) is 0 Å². The van der Waals surface area contributed by atoms with Crippen molar-refractivity contribution in [2.45, 2.75) is 52.6 Å². The summed E-state index contributed by atoms with van der Waals surface area (Å²) in [6.45, 7) is 9.13. The molecular formula is C14H27N3O2. The molecule has 0 aromatic carbocycles. The van der Waals surface area contributed by atoms with Crippen LogP contribution in [-0.4, -0.2) is 48.9 Å². The molecule has 5 nitrogen and oxygen atoms in total. The predicted molar refractivity (Wildman–Crippen MR) is 75.7 cm³/mol. The summed E-state index contributed by atoms with van der Waals surface area (Å²) < 4.78 is 0. The van der Waals surface area contributed by atoms with Crippen molar-refractivity contribution in [1.29, 1.82) is 0 Å². The van der Waals surface area contributed by atoms with E-state index < -0.39 is 0 Å². The quantitative estimate of drug-likeness (QED) is 0.795. The van der Waals surface area contributed by atoms with E-state index in [4.69, 9.17) is 0 Å². The molecule has 0 spiro atoms. The Morgan fingerprint density at radius 3 is 2.16 bits per heavy atom. The average molecular weight is 269 g/mol. The van der Waals surface area contributed by atoms with E-state index in [1.807, 2.05) is 32.6 Å². The molecule has 19 heavy (non-hydrogen) atoms. The van der Waals surface area contributed by atoms with Gasteiger partial charge in [0.1, 0.15) is 0 Å². The van der Waals surface area contributed by atoms with Gasteiger partial charge in [-0.1, -0.05) is 20.8 Å². The summed E-state index contributed by atoms with van der Waals surface area (Å²) >= 11 is 0. The van der Waals surface area contributed by atoms with Gasteiger partial charge in [0, 0.05) is 24.5 Å². The number of hydrogen-bond acceptors (Lipinski definition) is 3. The predicted octanol–water partition coefficient (Wildman–Crippen LogP) is 0.748. The van der Waals surface area contributed by atoms with Crippen molar-refractivity contribution in [3.05, 3.63) is 0 Å². The van der Waals surface area contributed by atoms with Crippen molar-refractivity contribution in [3.63, 3.8) is 0 Å². The minimum atomic E-state index is -0.323. The highest BCUT2D eigenvalue weighted by atomic mass is 16.2. The van der Waals surface area contributed by atoms with E-state index in [9.17, 15) is 9.59 Å². The maximum Gasteiger partial charge on any atom is 0.237 e. The van der Waals surface area contributed by atoms with Crippen LogP contribution in [0.2, 0.25) is 0 Å². The van der Waals surface area contributed by atoms with Gasteiger partial charge in [0.05, 0.1) is 6.04 Å². The second-order valence-corrected chi connectivity index (χ2v) is 6.34. The molecule has 0 aromatic heterocycles. The molecule has 1 rings (SSSR count). The van der Waals surface area contributed by atoms with Crippen LogP contribution in [-0.2, 0) is 9.59 Å². The Morgan fingerprint density at radius 2 is 1.74 bits per heavy atom. The molecule has 1 saturated heterocycles. The zero-order valence-corrected chi connectivity index (χ0v) is 12.7. The molecule has 5 heteroatoms. The number of nitrogens with one attached hydrogen (secondary N) is 2. The molecule has 1 heterocycles. The topological polar surface area (TPSA) is 61.4 Å². The molecule has 0 saturated carbocycles. The van der Waals surface area contributed by atoms with Gasteiger partial charge < -0.3 is 15.5 Å². The van der Waals surface area contributed by atoms with Gasteiger partial charge in [-0.15, -0.1) is 0 Å². The molecule has 1 aliphatic heterocycles. The van der Waals surface area contributed by atoms with E-state index >= 15 is 0 Å². The van der Waals surface area contributed by atoms with E-state index in [1.165, 1.54) is 0 Å². The van der Waals surface area contributed by atoms with Gasteiger partial charge in [-0.25, -0.2) is 0 Å². The van der Waals surface area contributed by atoms with Crippen molar-refractivity contribution in [3.8, 4) is 0 Å². The number of carbonyl (C=O) groups excluding carboxylic acids is 2. The molecule has 2 amide bonds. The Bertz CT molecular complexity index is 328. The molecular weight excluding hydrogens is 242 g/mol. The lowest BCUT2D eigenvalue weighted by atomic mass is 9.93. The molecule has 110 valence electrons. The standard InChI is InChI=1S/C14H27N3O2/c1-10(15-5)12(18)16-11-6-8-17(9-7-11)13(19)14(2,3)4/h10-11,15H,6-9H2,1-5H3,(H,16,18). The van der Waals surface area contributed by atoms with Crippen LogP contribution < -0.4 is 10.6 Å². The fourth-order valence-electron chi connectivity index (χ4n) is 2.16. The van der Waals surface area contributed by atoms with Gasteiger partial charge in [-0.3, -0.25) is 9.59 Å². The summed E-state index contributed by atoms with van der Waals surface area (Å²) in [5.41, 5.74) is -0.323. The largest absolute Gasteiger partial charge is 0.352 e. The van der Waals surface area contributed by atoms with Crippen LogP contribution in [0.15, 0.2) is 0 Å². The highest BCUT2D eigenvalue weighted by Gasteiger charge is 2.30. The van der Waals surface area contributed by atoms with E-state index in [-0.39, 0.29) is 29.3 Å². The van der Waals surface area contributed by atoms with Crippen LogP contribution in [0.5, 0.6) is 0 Å². The Hall–Kier alpha value is -1.10. The zero-order chi connectivity index (χ0) is 14.6. The number of nitrogens with zero attached hydrogens (tertiary/aromatic N) is 1. The summed E-state index contributed by atoms with van der Waals surface area (Å²) in [5, 5.41) is 5.95. The fourth-order valence-corrected chi connectivity index (χ4v) is 2.16. The van der Waals surface area contributed by atoms with Gasteiger partial charge in [-0.05, 0) is 26.8 Å². The monoisotopic (exact) mass is 269 g/mol. The first-order chi connectivity index (χ1) is 8.75. The number of hydrogen-bond donors (Lipinski definition) is 2. The van der Waals surface area contributed by atoms with E-state index in [0.717, 1.165) is 25.9 Å². The van der Waals surface area contributed by atoms with Crippen LogP contribution in [0.25, 0.3) is 0 Å². The SMILES string of the molecule is CNC(C)C(=O)NC1CCN(C(=O)C(C)(C)C)CC1. The Labute approximate surface area is 116 Å². The van der Waals surface area contributed by atoms with Crippen molar-refractivity contribution in [2.24, 2.45) is 5.41 Å². The van der Waals surface area contributed by atoms with Crippen molar-refractivity contribution < 1.29 is 9.59 Å². The summed E-state index contributed by atoms with van der Waals surface area (Å²) in [6, 6.07) is 0.0153. The number of rotatable bonds is 3. The average Bonchev–Trinajstić information content (AvgIpc) is 2.36. The lowest BCUT2D eigenvalue weighted by molar-refractivity contribution is -0.140. The summed E-state index contributed by atoms with van der Waals surface area (Å²) in [7, 11) is 1.77. The first kappa shape index (κ1) is 16.0. The van der Waals surface area contributed by atoms with Crippen LogP contribution in [0, 0.1) is 5.41 Å². The molecule has 1 aliphatic rings. The lowest BCUT2D eigenvalue weighted by Gasteiger charge is -2.36. The Kier molecular flexibility index (Phi) is 5.35. The third-order valence-electron chi connectivity index (χ3n) is 3.60. The van der Waals surface area contributed by atoms with Gasteiger partial charge >= 0.3 is 0 Å². The zero-order valence-electron chi connectivity index (χ0n) is 12.7. The van der Waals surface area contributed by atoms with Gasteiger partial charge in [0.25, 0.3) is 0 Å². The van der Waals surface area contributed by atoms with E-state index in [0.29, 0.717) is 0 Å². The highest BCUT2D eigenvalue weighted by molar-refractivity contribution is 5.82. The molecule has 0 bridgehead atoms. The second kappa shape index (κ2) is 6.37. The molecule has 0 radical (unpaired) electrons. The van der Waals surface area contributed by atoms with Gasteiger partial charge in [0.15, 0.2) is 0 Å². The van der Waals surface area contributed by atoms with Crippen molar-refractivity contribution in [1.82, 2.24) is 15.5 Å². The third kappa shape index (κ3) is 4.49. The second-order valence-electron chi connectivity index (χ2n) is 6.34. The molecule has 1 fully saturated rings. The normalized spacial score (nSPS) is 19.1. The van der Waals surface area contributed by atoms with Gasteiger partial charge in [0.2, 0.25) is 11.8 Å². The smallest absolute Gasteiger partial charge is 0.237 e. The number of amides is 2. The first-order valence-electron chi connectivity index (χ1n) is 7.02.